The summed E-state index contributed by atoms with van der Waals surface area (Å²) < 4.78 is 26.9. The van der Waals surface area contributed by atoms with E-state index in [2.05, 4.69) is 29.5 Å². The fourth-order valence-corrected chi connectivity index (χ4v) is 5.21. The second kappa shape index (κ2) is 10.8. The van der Waals surface area contributed by atoms with Gasteiger partial charge in [-0.1, -0.05) is 20.8 Å². The van der Waals surface area contributed by atoms with Crippen molar-refractivity contribution < 1.29 is 8.42 Å². The molecule has 6 nitrogen and oxygen atoms in total. The van der Waals surface area contributed by atoms with Gasteiger partial charge in [0.15, 0.2) is 5.96 Å². The van der Waals surface area contributed by atoms with Gasteiger partial charge in [0, 0.05) is 43.5 Å². The van der Waals surface area contributed by atoms with E-state index >= 15 is 0 Å². The largest absolute Gasteiger partial charge is 0.357 e. The summed E-state index contributed by atoms with van der Waals surface area (Å²) in [5, 5.41) is 6.59. The summed E-state index contributed by atoms with van der Waals surface area (Å²) in [6, 6.07) is 3.97. The van der Waals surface area contributed by atoms with Crippen molar-refractivity contribution in [3.8, 4) is 0 Å². The molecule has 1 aromatic rings. The summed E-state index contributed by atoms with van der Waals surface area (Å²) in [5.74, 6) is 0.810. The first-order chi connectivity index (χ1) is 11.9. The van der Waals surface area contributed by atoms with Gasteiger partial charge in [-0.2, -0.15) is 4.31 Å². The minimum absolute atomic E-state index is 0.366. The molecular formula is C17H32N4O2S2. The highest BCUT2D eigenvalue weighted by Crippen LogP contribution is 2.25. The zero-order valence-corrected chi connectivity index (χ0v) is 17.6. The van der Waals surface area contributed by atoms with Gasteiger partial charge in [-0.25, -0.2) is 8.42 Å². The second-order valence-electron chi connectivity index (χ2n) is 5.77. The normalized spacial score (nSPS) is 13.9. The third-order valence-corrected chi connectivity index (χ3v) is 7.57. The van der Waals surface area contributed by atoms with Crippen LogP contribution >= 0.6 is 11.3 Å². The summed E-state index contributed by atoms with van der Waals surface area (Å²) in [5.41, 5.74) is 0. The molecule has 0 aromatic carbocycles. The third kappa shape index (κ3) is 6.60. The van der Waals surface area contributed by atoms with Crippen molar-refractivity contribution in [1.29, 1.82) is 0 Å². The van der Waals surface area contributed by atoms with Gasteiger partial charge in [0.05, 0.1) is 0 Å². The monoisotopic (exact) mass is 388 g/mol. The molecule has 25 heavy (non-hydrogen) atoms. The van der Waals surface area contributed by atoms with Gasteiger partial charge < -0.3 is 10.6 Å². The Hall–Kier alpha value is -1.12. The van der Waals surface area contributed by atoms with Crippen LogP contribution in [-0.2, 0) is 16.4 Å². The number of hydrogen-bond donors (Lipinski definition) is 2. The lowest BCUT2D eigenvalue weighted by Gasteiger charge is -2.16. The van der Waals surface area contributed by atoms with Crippen LogP contribution in [-0.4, -0.2) is 50.9 Å². The number of hydrogen-bond acceptors (Lipinski definition) is 4. The highest BCUT2D eigenvalue weighted by atomic mass is 32.2. The molecule has 0 aliphatic heterocycles. The topological polar surface area (TPSA) is 73.8 Å². The molecule has 0 spiro atoms. The Morgan fingerprint density at radius 3 is 2.48 bits per heavy atom. The van der Waals surface area contributed by atoms with E-state index in [1.54, 1.807) is 6.07 Å². The molecular weight excluding hydrogens is 356 g/mol. The summed E-state index contributed by atoms with van der Waals surface area (Å²) in [4.78, 5) is 5.61. The quantitative estimate of drug-likeness (QED) is 0.477. The predicted molar refractivity (Wildman–Crippen MR) is 107 cm³/mol. The molecule has 1 unspecified atom stereocenters. The summed E-state index contributed by atoms with van der Waals surface area (Å²) in [7, 11) is -3.36. The van der Waals surface area contributed by atoms with Gasteiger partial charge in [0.25, 0.3) is 10.0 Å². The summed E-state index contributed by atoms with van der Waals surface area (Å²) >= 11 is 1.34. The number of sulfonamides is 1. The van der Waals surface area contributed by atoms with Crippen LogP contribution in [0.5, 0.6) is 0 Å². The molecule has 8 heteroatoms. The first-order valence-corrected chi connectivity index (χ1v) is 11.3. The molecule has 0 saturated carbocycles. The van der Waals surface area contributed by atoms with Crippen LogP contribution in [0.25, 0.3) is 0 Å². The number of nitrogens with one attached hydrogen (secondary N) is 2. The Labute approximate surface area is 156 Å². The van der Waals surface area contributed by atoms with Crippen molar-refractivity contribution in [3.05, 3.63) is 17.0 Å². The van der Waals surface area contributed by atoms with E-state index in [0.29, 0.717) is 29.9 Å². The first kappa shape index (κ1) is 21.9. The van der Waals surface area contributed by atoms with Crippen LogP contribution in [0.1, 0.15) is 45.9 Å². The van der Waals surface area contributed by atoms with Gasteiger partial charge in [-0.05, 0) is 32.4 Å². The lowest BCUT2D eigenvalue weighted by molar-refractivity contribution is 0.447. The van der Waals surface area contributed by atoms with E-state index in [9.17, 15) is 8.42 Å². The van der Waals surface area contributed by atoms with E-state index in [1.807, 2.05) is 26.8 Å². The number of thiophene rings is 1. The average molecular weight is 389 g/mol. The van der Waals surface area contributed by atoms with Crippen molar-refractivity contribution in [2.45, 2.75) is 57.7 Å². The van der Waals surface area contributed by atoms with Crippen molar-refractivity contribution in [2.75, 3.05) is 26.2 Å². The maximum Gasteiger partial charge on any atom is 0.252 e. The fraction of sp³-hybridized carbons (Fsp3) is 0.706. The molecule has 2 N–H and O–H groups in total. The van der Waals surface area contributed by atoms with E-state index in [1.165, 1.54) is 15.6 Å². The number of rotatable bonds is 10. The Morgan fingerprint density at radius 1 is 1.24 bits per heavy atom. The molecule has 0 aliphatic carbocycles. The van der Waals surface area contributed by atoms with Gasteiger partial charge in [0.1, 0.15) is 4.21 Å². The molecule has 1 atom stereocenters. The molecule has 0 saturated heterocycles. The fourth-order valence-electron chi connectivity index (χ4n) is 2.26. The Balaban J connectivity index is 2.73. The van der Waals surface area contributed by atoms with Crippen LogP contribution in [0.15, 0.2) is 21.3 Å². The zero-order valence-electron chi connectivity index (χ0n) is 16.0. The predicted octanol–water partition coefficient (Wildman–Crippen LogP) is 2.67. The van der Waals surface area contributed by atoms with Crippen molar-refractivity contribution >= 4 is 27.3 Å². The van der Waals surface area contributed by atoms with E-state index in [-0.39, 0.29) is 0 Å². The Bertz CT molecular complexity index is 637. The highest BCUT2D eigenvalue weighted by molar-refractivity contribution is 7.91. The molecule has 0 bridgehead atoms. The first-order valence-electron chi connectivity index (χ1n) is 9.02. The molecule has 0 radical (unpaired) electrons. The van der Waals surface area contributed by atoms with Crippen LogP contribution in [0, 0.1) is 0 Å². The molecule has 1 aromatic heterocycles. The minimum Gasteiger partial charge on any atom is -0.357 e. The van der Waals surface area contributed by atoms with Crippen LogP contribution in [0.4, 0.5) is 0 Å². The molecule has 144 valence electrons. The second-order valence-corrected chi connectivity index (χ2v) is 9.11. The number of aliphatic imine (C=N–C) groups is 1. The van der Waals surface area contributed by atoms with E-state index < -0.39 is 10.0 Å². The van der Waals surface area contributed by atoms with Crippen molar-refractivity contribution in [3.63, 3.8) is 0 Å². The van der Waals surface area contributed by atoms with E-state index in [4.69, 9.17) is 0 Å². The summed E-state index contributed by atoms with van der Waals surface area (Å²) in [6.45, 7) is 12.4. The third-order valence-electron chi connectivity index (χ3n) is 3.90. The van der Waals surface area contributed by atoms with Crippen LogP contribution < -0.4 is 10.6 Å². The molecule has 0 amide bonds. The van der Waals surface area contributed by atoms with Crippen molar-refractivity contribution in [2.24, 2.45) is 4.99 Å². The number of guanidine groups is 1. The maximum absolute atomic E-state index is 12.5. The average Bonchev–Trinajstić information content (AvgIpc) is 3.05. The standard InChI is InChI=1S/C17H32N4O2S2/c1-6-14(5)20-17(18-7-2)19-13-12-15-10-11-16(24-15)25(22,23)21(8-3)9-4/h10-11,14H,6-9,12-13H2,1-5H3,(H2,18,19,20). The van der Waals surface area contributed by atoms with Crippen molar-refractivity contribution in [1.82, 2.24) is 14.9 Å². The zero-order chi connectivity index (χ0) is 18.9. The number of nitrogens with zero attached hydrogens (tertiary/aromatic N) is 2. The van der Waals surface area contributed by atoms with Gasteiger partial charge in [-0.15, -0.1) is 11.3 Å². The molecule has 1 rings (SSSR count). The lowest BCUT2D eigenvalue weighted by atomic mass is 10.3. The molecule has 0 fully saturated rings. The lowest BCUT2D eigenvalue weighted by Crippen LogP contribution is -2.42. The van der Waals surface area contributed by atoms with E-state index in [0.717, 1.165) is 30.2 Å². The SMILES string of the molecule is CCNC(=NCCc1ccc(S(=O)(=O)N(CC)CC)s1)NC(C)CC. The van der Waals surface area contributed by atoms with Gasteiger partial charge in [0.2, 0.25) is 0 Å². The Kier molecular flexibility index (Phi) is 9.45. The minimum atomic E-state index is -3.36. The maximum atomic E-state index is 12.5. The van der Waals surface area contributed by atoms with Crippen LogP contribution in [0.2, 0.25) is 0 Å². The highest BCUT2D eigenvalue weighted by Gasteiger charge is 2.23. The smallest absolute Gasteiger partial charge is 0.252 e. The molecule has 0 aliphatic rings. The van der Waals surface area contributed by atoms with Gasteiger partial charge in [-0.3, -0.25) is 4.99 Å². The summed E-state index contributed by atoms with van der Waals surface area (Å²) in [6.07, 6.45) is 1.76. The molecule has 1 heterocycles. The van der Waals surface area contributed by atoms with Gasteiger partial charge >= 0.3 is 0 Å². The van der Waals surface area contributed by atoms with Crippen LogP contribution in [0.3, 0.4) is 0 Å². The Morgan fingerprint density at radius 2 is 1.92 bits per heavy atom.